The fourth-order valence-corrected chi connectivity index (χ4v) is 2.90. The molecule has 8 heteroatoms. The predicted molar refractivity (Wildman–Crippen MR) is 63.4 cm³/mol. The lowest BCUT2D eigenvalue weighted by Gasteiger charge is -2.46. The Morgan fingerprint density at radius 3 is 2.83 bits per heavy atom. The number of aromatic nitrogens is 2. The Morgan fingerprint density at radius 1 is 1.44 bits per heavy atom. The van der Waals surface area contributed by atoms with E-state index in [1.54, 1.807) is 0 Å². The monoisotopic (exact) mass is 270 g/mol. The highest BCUT2D eigenvalue weighted by Gasteiger charge is 2.35. The highest BCUT2D eigenvalue weighted by atomic mass is 32.2. The number of piperazine rings is 3. The largest absolute Gasteiger partial charge is 0.481 e. The van der Waals surface area contributed by atoms with Crippen molar-refractivity contribution in [1.82, 2.24) is 19.9 Å². The van der Waals surface area contributed by atoms with Crippen molar-refractivity contribution >= 4 is 17.7 Å². The first kappa shape index (κ1) is 11.9. The van der Waals surface area contributed by atoms with Crippen LogP contribution >= 0.6 is 11.8 Å². The zero-order valence-electron chi connectivity index (χ0n) is 9.78. The quantitative estimate of drug-likeness (QED) is 0.761. The van der Waals surface area contributed by atoms with E-state index in [1.807, 2.05) is 0 Å². The van der Waals surface area contributed by atoms with Crippen molar-refractivity contribution in [2.45, 2.75) is 11.3 Å². The van der Waals surface area contributed by atoms with E-state index in [-0.39, 0.29) is 11.8 Å². The zero-order valence-corrected chi connectivity index (χ0v) is 10.6. The van der Waals surface area contributed by atoms with Gasteiger partial charge >= 0.3 is 5.97 Å². The average molecular weight is 270 g/mol. The van der Waals surface area contributed by atoms with Crippen molar-refractivity contribution in [3.05, 3.63) is 5.82 Å². The van der Waals surface area contributed by atoms with E-state index < -0.39 is 5.97 Å². The summed E-state index contributed by atoms with van der Waals surface area (Å²) in [5, 5.41) is 12.9. The summed E-state index contributed by atoms with van der Waals surface area (Å²) in [5.41, 5.74) is 0. The molecule has 98 valence electrons. The molecular weight excluding hydrogens is 256 g/mol. The molecule has 3 fully saturated rings. The molecule has 0 aromatic carbocycles. The SMILES string of the molecule is O=C(O)CSc1nc(C2CN3CCN2CC3)no1. The summed E-state index contributed by atoms with van der Waals surface area (Å²) >= 11 is 1.06. The van der Waals surface area contributed by atoms with Gasteiger partial charge in [-0.1, -0.05) is 16.9 Å². The van der Waals surface area contributed by atoms with E-state index in [1.165, 1.54) is 0 Å². The van der Waals surface area contributed by atoms with Crippen molar-refractivity contribution in [1.29, 1.82) is 0 Å². The highest BCUT2D eigenvalue weighted by molar-refractivity contribution is 7.99. The van der Waals surface area contributed by atoms with Gasteiger partial charge in [-0.15, -0.1) is 0 Å². The van der Waals surface area contributed by atoms with Gasteiger partial charge in [-0.05, 0) is 0 Å². The van der Waals surface area contributed by atoms with Crippen LogP contribution in [0.2, 0.25) is 0 Å². The first-order valence-electron chi connectivity index (χ1n) is 5.87. The van der Waals surface area contributed by atoms with Crippen LogP contribution in [0.1, 0.15) is 11.9 Å². The molecule has 1 unspecified atom stereocenters. The smallest absolute Gasteiger partial charge is 0.314 e. The van der Waals surface area contributed by atoms with E-state index in [0.717, 1.165) is 44.5 Å². The van der Waals surface area contributed by atoms with Gasteiger partial charge in [-0.2, -0.15) is 4.98 Å². The molecule has 4 heterocycles. The minimum atomic E-state index is -0.883. The third kappa shape index (κ3) is 2.36. The summed E-state index contributed by atoms with van der Waals surface area (Å²) < 4.78 is 5.07. The van der Waals surface area contributed by atoms with Crippen molar-refractivity contribution in [2.75, 3.05) is 38.5 Å². The van der Waals surface area contributed by atoms with E-state index in [0.29, 0.717) is 11.0 Å². The first-order valence-corrected chi connectivity index (χ1v) is 6.85. The van der Waals surface area contributed by atoms with Crippen molar-refractivity contribution in [3.63, 3.8) is 0 Å². The number of hydrogen-bond donors (Lipinski definition) is 1. The molecule has 7 nitrogen and oxygen atoms in total. The van der Waals surface area contributed by atoms with Gasteiger partial charge in [0.1, 0.15) is 5.75 Å². The highest BCUT2D eigenvalue weighted by Crippen LogP contribution is 2.28. The molecule has 0 saturated carbocycles. The molecular formula is C10H14N4O3S. The molecule has 18 heavy (non-hydrogen) atoms. The van der Waals surface area contributed by atoms with E-state index in [4.69, 9.17) is 9.63 Å². The second-order valence-corrected chi connectivity index (χ2v) is 5.38. The number of carbonyl (C=O) groups is 1. The molecule has 2 bridgehead atoms. The van der Waals surface area contributed by atoms with Gasteiger partial charge in [0.2, 0.25) is 0 Å². The number of hydrogen-bond acceptors (Lipinski definition) is 7. The number of nitrogens with zero attached hydrogens (tertiary/aromatic N) is 4. The molecule has 4 rings (SSSR count). The maximum Gasteiger partial charge on any atom is 0.314 e. The van der Waals surface area contributed by atoms with Gasteiger partial charge in [0.05, 0.1) is 6.04 Å². The lowest BCUT2D eigenvalue weighted by Crippen LogP contribution is -2.57. The van der Waals surface area contributed by atoms with Gasteiger partial charge in [-0.25, -0.2) is 0 Å². The van der Waals surface area contributed by atoms with Crippen LogP contribution in [0.5, 0.6) is 0 Å². The Bertz CT molecular complexity index is 444. The number of aliphatic carboxylic acids is 1. The summed E-state index contributed by atoms with van der Waals surface area (Å²) in [4.78, 5) is 19.5. The first-order chi connectivity index (χ1) is 8.72. The average Bonchev–Trinajstić information content (AvgIpc) is 2.86. The minimum Gasteiger partial charge on any atom is -0.481 e. The Morgan fingerprint density at radius 2 is 2.22 bits per heavy atom. The molecule has 0 radical (unpaired) electrons. The summed E-state index contributed by atoms with van der Waals surface area (Å²) in [6.45, 7) is 5.22. The van der Waals surface area contributed by atoms with Crippen molar-refractivity contribution in [3.8, 4) is 0 Å². The molecule has 1 aromatic heterocycles. The fraction of sp³-hybridized carbons (Fsp3) is 0.700. The molecule has 3 saturated heterocycles. The summed E-state index contributed by atoms with van der Waals surface area (Å²) in [5.74, 6) is -0.263. The van der Waals surface area contributed by atoms with Gasteiger partial charge < -0.3 is 9.63 Å². The normalized spacial score (nSPS) is 30.6. The maximum atomic E-state index is 10.5. The lowest BCUT2D eigenvalue weighted by atomic mass is 10.1. The second kappa shape index (κ2) is 4.87. The number of carboxylic acids is 1. The van der Waals surface area contributed by atoms with Crippen LogP contribution in [0.15, 0.2) is 9.75 Å². The van der Waals surface area contributed by atoms with Crippen molar-refractivity contribution < 1.29 is 14.4 Å². The third-order valence-corrected chi connectivity index (χ3v) is 4.12. The van der Waals surface area contributed by atoms with Crippen LogP contribution < -0.4 is 0 Å². The second-order valence-electron chi connectivity index (χ2n) is 4.45. The van der Waals surface area contributed by atoms with Crippen LogP contribution in [0.4, 0.5) is 0 Å². The van der Waals surface area contributed by atoms with E-state index >= 15 is 0 Å². The fourth-order valence-electron chi connectivity index (χ4n) is 2.40. The molecule has 3 aliphatic rings. The number of rotatable bonds is 4. The summed E-state index contributed by atoms with van der Waals surface area (Å²) in [6, 6.07) is 0.190. The Kier molecular flexibility index (Phi) is 3.23. The van der Waals surface area contributed by atoms with Crippen LogP contribution in [0, 0.1) is 0 Å². The number of thioether (sulfide) groups is 1. The van der Waals surface area contributed by atoms with E-state index in [9.17, 15) is 4.79 Å². The molecule has 0 spiro atoms. The van der Waals surface area contributed by atoms with Gasteiger partial charge in [-0.3, -0.25) is 14.6 Å². The molecule has 1 atom stereocenters. The van der Waals surface area contributed by atoms with Crippen LogP contribution in [0.3, 0.4) is 0 Å². The van der Waals surface area contributed by atoms with Crippen LogP contribution in [0.25, 0.3) is 0 Å². The Hall–Kier alpha value is -1.12. The molecule has 1 N–H and O–H groups in total. The predicted octanol–water partition coefficient (Wildman–Crippen LogP) is -0.0814. The van der Waals surface area contributed by atoms with Crippen LogP contribution in [-0.2, 0) is 4.79 Å². The molecule has 1 aromatic rings. The molecule has 0 aliphatic carbocycles. The Balaban J connectivity index is 1.67. The molecule has 0 amide bonds. The van der Waals surface area contributed by atoms with E-state index in [2.05, 4.69) is 19.9 Å². The zero-order chi connectivity index (χ0) is 12.5. The topological polar surface area (TPSA) is 82.7 Å². The van der Waals surface area contributed by atoms with Gasteiger partial charge in [0, 0.05) is 32.7 Å². The van der Waals surface area contributed by atoms with Crippen LogP contribution in [-0.4, -0.2) is 69.5 Å². The standard InChI is InChI=1S/C10H14N4O3S/c15-8(16)6-18-10-11-9(12-17-10)7-5-13-1-3-14(7)4-2-13/h7H,1-6H2,(H,15,16). The Labute approximate surface area is 108 Å². The van der Waals surface area contributed by atoms with Crippen molar-refractivity contribution in [2.24, 2.45) is 0 Å². The number of carboxylic acid groups (broad SMARTS) is 1. The minimum absolute atomic E-state index is 0.0534. The van der Waals surface area contributed by atoms with Gasteiger partial charge in [0.15, 0.2) is 5.82 Å². The third-order valence-electron chi connectivity index (χ3n) is 3.32. The maximum absolute atomic E-state index is 10.5. The summed E-state index contributed by atoms with van der Waals surface area (Å²) in [6.07, 6.45) is 0. The van der Waals surface area contributed by atoms with Gasteiger partial charge in [0.25, 0.3) is 5.22 Å². The lowest BCUT2D eigenvalue weighted by molar-refractivity contribution is -0.133. The summed E-state index contributed by atoms with van der Waals surface area (Å²) in [7, 11) is 0. The number of fused-ring (bicyclic) bond motifs is 3. The molecule has 3 aliphatic heterocycles.